The number of nitro benzene ring substituents is 1. The van der Waals surface area contributed by atoms with Crippen LogP contribution in [0.5, 0.6) is 5.75 Å². The van der Waals surface area contributed by atoms with E-state index in [0.29, 0.717) is 17.9 Å². The van der Waals surface area contributed by atoms with Gasteiger partial charge in [0, 0.05) is 24.3 Å². The lowest BCUT2D eigenvalue weighted by Crippen LogP contribution is -2.06. The third kappa shape index (κ3) is 3.69. The molecule has 17 heavy (non-hydrogen) atoms. The van der Waals surface area contributed by atoms with Gasteiger partial charge in [0.25, 0.3) is 5.69 Å². The first-order valence-corrected chi connectivity index (χ1v) is 5.23. The molecule has 6 nitrogen and oxygen atoms in total. The SMILES string of the molecule is CCOCOc1ccc([N+](=O)[O-])cc1[C@H](C)O. The Morgan fingerprint density at radius 2 is 2.24 bits per heavy atom. The molecule has 0 saturated heterocycles. The minimum absolute atomic E-state index is 0.0496. The van der Waals surface area contributed by atoms with Crippen LogP contribution in [-0.4, -0.2) is 23.4 Å². The van der Waals surface area contributed by atoms with Crippen molar-refractivity contribution in [2.75, 3.05) is 13.4 Å². The molecule has 6 heteroatoms. The Balaban J connectivity index is 2.92. The number of ether oxygens (including phenoxy) is 2. The second-order valence-corrected chi connectivity index (χ2v) is 3.41. The predicted molar refractivity (Wildman–Crippen MR) is 60.9 cm³/mol. The second-order valence-electron chi connectivity index (χ2n) is 3.41. The maximum absolute atomic E-state index is 10.6. The minimum atomic E-state index is -0.841. The number of non-ortho nitro benzene ring substituents is 1. The normalized spacial score (nSPS) is 12.2. The fourth-order valence-corrected chi connectivity index (χ4v) is 1.30. The van der Waals surface area contributed by atoms with Crippen LogP contribution in [0.15, 0.2) is 18.2 Å². The van der Waals surface area contributed by atoms with Crippen LogP contribution in [0.25, 0.3) is 0 Å². The zero-order valence-corrected chi connectivity index (χ0v) is 9.75. The summed E-state index contributed by atoms with van der Waals surface area (Å²) in [6.07, 6.45) is -0.841. The number of hydrogen-bond donors (Lipinski definition) is 1. The van der Waals surface area contributed by atoms with Crippen LogP contribution in [0.3, 0.4) is 0 Å². The van der Waals surface area contributed by atoms with E-state index in [1.54, 1.807) is 0 Å². The number of nitrogens with zero attached hydrogens (tertiary/aromatic N) is 1. The van der Waals surface area contributed by atoms with Gasteiger partial charge in [0.05, 0.1) is 11.0 Å². The first-order valence-electron chi connectivity index (χ1n) is 5.23. The Morgan fingerprint density at radius 3 is 2.76 bits per heavy atom. The summed E-state index contributed by atoms with van der Waals surface area (Å²) in [6, 6.07) is 4.08. The van der Waals surface area contributed by atoms with Crippen molar-refractivity contribution in [2.24, 2.45) is 0 Å². The van der Waals surface area contributed by atoms with E-state index in [2.05, 4.69) is 0 Å². The molecule has 0 aliphatic heterocycles. The van der Waals surface area contributed by atoms with E-state index in [1.807, 2.05) is 6.92 Å². The van der Waals surface area contributed by atoms with Gasteiger partial charge in [-0.2, -0.15) is 0 Å². The smallest absolute Gasteiger partial charge is 0.270 e. The molecule has 0 saturated carbocycles. The van der Waals surface area contributed by atoms with Gasteiger partial charge in [-0.05, 0) is 19.9 Å². The summed E-state index contributed by atoms with van der Waals surface area (Å²) in [5.41, 5.74) is 0.295. The summed E-state index contributed by atoms with van der Waals surface area (Å²) in [4.78, 5) is 10.1. The number of hydrogen-bond acceptors (Lipinski definition) is 5. The molecule has 0 unspecified atom stereocenters. The van der Waals surface area contributed by atoms with Gasteiger partial charge in [0.1, 0.15) is 5.75 Å². The molecule has 94 valence electrons. The molecule has 1 rings (SSSR count). The summed E-state index contributed by atoms with van der Waals surface area (Å²) in [7, 11) is 0. The fourth-order valence-electron chi connectivity index (χ4n) is 1.30. The highest BCUT2D eigenvalue weighted by Crippen LogP contribution is 2.29. The van der Waals surface area contributed by atoms with Crippen molar-refractivity contribution in [2.45, 2.75) is 20.0 Å². The van der Waals surface area contributed by atoms with Gasteiger partial charge in [-0.3, -0.25) is 10.1 Å². The van der Waals surface area contributed by atoms with Gasteiger partial charge >= 0.3 is 0 Å². The van der Waals surface area contributed by atoms with E-state index in [9.17, 15) is 15.2 Å². The van der Waals surface area contributed by atoms with Crippen molar-refractivity contribution in [3.8, 4) is 5.75 Å². The summed E-state index contributed by atoms with van der Waals surface area (Å²) in [5, 5.41) is 20.1. The number of aliphatic hydroxyl groups excluding tert-OH is 1. The zero-order chi connectivity index (χ0) is 12.8. The number of rotatable bonds is 6. The van der Waals surface area contributed by atoms with Crippen molar-refractivity contribution >= 4 is 5.69 Å². The molecule has 0 aliphatic carbocycles. The highest BCUT2D eigenvalue weighted by molar-refractivity contribution is 5.44. The molecular weight excluding hydrogens is 226 g/mol. The van der Waals surface area contributed by atoms with Gasteiger partial charge in [-0.15, -0.1) is 0 Å². The molecule has 0 aromatic heterocycles. The van der Waals surface area contributed by atoms with Gasteiger partial charge in [-0.25, -0.2) is 0 Å². The van der Waals surface area contributed by atoms with Crippen LogP contribution in [0.2, 0.25) is 0 Å². The monoisotopic (exact) mass is 241 g/mol. The zero-order valence-electron chi connectivity index (χ0n) is 9.75. The quantitative estimate of drug-likeness (QED) is 0.356. The molecule has 0 bridgehead atoms. The molecule has 0 amide bonds. The molecule has 1 aromatic rings. The molecule has 0 heterocycles. The molecule has 0 spiro atoms. The highest BCUT2D eigenvalue weighted by atomic mass is 16.7. The molecular formula is C11H15NO5. The average Bonchev–Trinajstić information content (AvgIpc) is 2.29. The topological polar surface area (TPSA) is 81.8 Å². The van der Waals surface area contributed by atoms with Crippen molar-refractivity contribution < 1.29 is 19.5 Å². The Hall–Kier alpha value is -1.66. The van der Waals surface area contributed by atoms with E-state index >= 15 is 0 Å². The van der Waals surface area contributed by atoms with Crippen LogP contribution in [-0.2, 0) is 4.74 Å². The van der Waals surface area contributed by atoms with E-state index in [0.717, 1.165) is 0 Å². The van der Waals surface area contributed by atoms with E-state index in [4.69, 9.17) is 9.47 Å². The standard InChI is InChI=1S/C11H15NO5/c1-3-16-7-17-11-5-4-9(12(14)15)6-10(11)8(2)13/h4-6,8,13H,3,7H2,1-2H3/t8-/m0/s1. The fraction of sp³-hybridized carbons (Fsp3) is 0.455. The Labute approximate surface area is 98.9 Å². The molecule has 0 radical (unpaired) electrons. The van der Waals surface area contributed by atoms with Crippen molar-refractivity contribution in [1.82, 2.24) is 0 Å². The number of aliphatic hydroxyl groups is 1. The minimum Gasteiger partial charge on any atom is -0.467 e. The molecule has 0 fully saturated rings. The second kappa shape index (κ2) is 6.17. The maximum atomic E-state index is 10.6. The lowest BCUT2D eigenvalue weighted by molar-refractivity contribution is -0.385. The maximum Gasteiger partial charge on any atom is 0.270 e. The van der Waals surface area contributed by atoms with Crippen LogP contribution < -0.4 is 4.74 Å². The molecule has 1 aromatic carbocycles. The summed E-state index contributed by atoms with van der Waals surface area (Å²) >= 11 is 0. The average molecular weight is 241 g/mol. The third-order valence-electron chi connectivity index (χ3n) is 2.16. The predicted octanol–water partition coefficient (Wildman–Crippen LogP) is 2.02. The lowest BCUT2D eigenvalue weighted by Gasteiger charge is -2.12. The van der Waals surface area contributed by atoms with E-state index in [-0.39, 0.29) is 12.5 Å². The van der Waals surface area contributed by atoms with Gasteiger partial charge in [-0.1, -0.05) is 0 Å². The molecule has 0 aliphatic rings. The Morgan fingerprint density at radius 1 is 1.53 bits per heavy atom. The van der Waals surface area contributed by atoms with Gasteiger partial charge < -0.3 is 14.6 Å². The first kappa shape index (κ1) is 13.4. The number of benzene rings is 1. The third-order valence-corrected chi connectivity index (χ3v) is 2.16. The van der Waals surface area contributed by atoms with Crippen LogP contribution in [0.1, 0.15) is 25.5 Å². The Kier molecular flexibility index (Phi) is 4.86. The van der Waals surface area contributed by atoms with Crippen LogP contribution in [0.4, 0.5) is 5.69 Å². The van der Waals surface area contributed by atoms with Gasteiger partial charge in [0.15, 0.2) is 6.79 Å². The number of nitro groups is 1. The molecule has 1 N–H and O–H groups in total. The highest BCUT2D eigenvalue weighted by Gasteiger charge is 2.15. The Bertz CT molecular complexity index is 391. The summed E-state index contributed by atoms with van der Waals surface area (Å²) in [5.74, 6) is 0.388. The van der Waals surface area contributed by atoms with Crippen molar-refractivity contribution in [3.63, 3.8) is 0 Å². The largest absolute Gasteiger partial charge is 0.467 e. The van der Waals surface area contributed by atoms with Crippen LogP contribution in [0, 0.1) is 10.1 Å². The van der Waals surface area contributed by atoms with Crippen molar-refractivity contribution in [1.29, 1.82) is 0 Å². The van der Waals surface area contributed by atoms with E-state index in [1.165, 1.54) is 25.1 Å². The first-order chi connectivity index (χ1) is 8.06. The summed E-state index contributed by atoms with van der Waals surface area (Å²) in [6.45, 7) is 3.91. The van der Waals surface area contributed by atoms with Crippen LogP contribution >= 0.6 is 0 Å². The van der Waals surface area contributed by atoms with Gasteiger partial charge in [0.2, 0.25) is 0 Å². The summed E-state index contributed by atoms with van der Waals surface area (Å²) < 4.78 is 10.3. The van der Waals surface area contributed by atoms with Crippen molar-refractivity contribution in [3.05, 3.63) is 33.9 Å². The lowest BCUT2D eigenvalue weighted by atomic mass is 10.1. The molecule has 1 atom stereocenters. The van der Waals surface area contributed by atoms with E-state index < -0.39 is 11.0 Å².